The van der Waals surface area contributed by atoms with E-state index in [1.165, 1.54) is 29.5 Å². The van der Waals surface area contributed by atoms with Crippen LogP contribution in [0.1, 0.15) is 87.9 Å². The standard InChI is InChI=1S/C32H55N5O3S/c1-21(2)13-27-20-40-30-17-29(31-22(3)9-7-10-23(31)4)33-32(34-30)35-41(38,39)28-12-8-11-24(16-28)19-37(27)26-14-25(15-26)18-36(5)6/h7,9-10,21,24-30,32-35H,8,11-20H2,1-6H3/t24?,25?,26?,27-,28?,29?,30?,32?/m1/s1. The molecule has 2 saturated heterocycles. The molecule has 1 aromatic carbocycles. The van der Waals surface area contributed by atoms with Crippen LogP contribution in [0.2, 0.25) is 0 Å². The zero-order valence-corrected chi connectivity index (χ0v) is 27.1. The molecule has 3 N–H and O–H groups in total. The highest BCUT2D eigenvalue weighted by Gasteiger charge is 2.42. The van der Waals surface area contributed by atoms with Gasteiger partial charge in [-0.25, -0.2) is 8.42 Å². The molecule has 4 fully saturated rings. The predicted molar refractivity (Wildman–Crippen MR) is 166 cm³/mol. The zero-order valence-electron chi connectivity index (χ0n) is 26.2. The fourth-order valence-electron chi connectivity index (χ4n) is 8.10. The van der Waals surface area contributed by atoms with Gasteiger partial charge in [0.25, 0.3) is 0 Å². The van der Waals surface area contributed by atoms with E-state index in [2.05, 4.69) is 85.1 Å². The largest absolute Gasteiger partial charge is 0.362 e. The van der Waals surface area contributed by atoms with E-state index in [4.69, 9.17) is 4.74 Å². The van der Waals surface area contributed by atoms with Crippen molar-refractivity contribution in [2.45, 2.75) is 115 Å². The smallest absolute Gasteiger partial charge is 0.216 e. The molecule has 2 aliphatic carbocycles. The van der Waals surface area contributed by atoms with Crippen LogP contribution in [0.3, 0.4) is 0 Å². The number of nitrogens with zero attached hydrogens (tertiary/aromatic N) is 2. The number of hydrogen-bond donors (Lipinski definition) is 3. The van der Waals surface area contributed by atoms with E-state index in [1.54, 1.807) is 0 Å². The zero-order chi connectivity index (χ0) is 29.3. The summed E-state index contributed by atoms with van der Waals surface area (Å²) in [5, 5.41) is 6.73. The Labute approximate surface area is 249 Å². The Morgan fingerprint density at radius 3 is 2.46 bits per heavy atom. The highest BCUT2D eigenvalue weighted by molar-refractivity contribution is 7.90. The Morgan fingerprint density at radius 2 is 1.78 bits per heavy atom. The van der Waals surface area contributed by atoms with Gasteiger partial charge in [-0.15, -0.1) is 0 Å². The molecule has 2 saturated carbocycles. The summed E-state index contributed by atoms with van der Waals surface area (Å²) in [7, 11) is 0.830. The SMILES string of the molecule is Cc1cccc(C)c1C1CC2NC(N1)NS(=O)(=O)C1CCCC(C1)CN(C1CC(CN(C)C)C1)[C@H](CC(C)C)CO2. The van der Waals surface area contributed by atoms with Crippen LogP contribution in [0, 0.1) is 31.6 Å². The minimum absolute atomic E-state index is 0.00235. The lowest BCUT2D eigenvalue weighted by Gasteiger charge is -2.49. The summed E-state index contributed by atoms with van der Waals surface area (Å²) < 4.78 is 37.3. The maximum Gasteiger partial charge on any atom is 0.216 e. The van der Waals surface area contributed by atoms with Crippen molar-refractivity contribution in [3.05, 3.63) is 34.9 Å². The third-order valence-corrected chi connectivity index (χ3v) is 11.9. The van der Waals surface area contributed by atoms with Crippen molar-refractivity contribution < 1.29 is 13.2 Å². The van der Waals surface area contributed by atoms with Crippen molar-refractivity contribution in [1.29, 1.82) is 0 Å². The molecule has 5 unspecified atom stereocenters. The average molecular weight is 590 g/mol. The minimum atomic E-state index is -3.51. The number of nitrogens with one attached hydrogen (secondary N) is 3. The Hall–Kier alpha value is -1.07. The molecular formula is C32H55N5O3S. The third-order valence-electron chi connectivity index (χ3n) is 9.99. The van der Waals surface area contributed by atoms with Gasteiger partial charge >= 0.3 is 0 Å². The van der Waals surface area contributed by atoms with Crippen LogP contribution in [0.5, 0.6) is 0 Å². The van der Waals surface area contributed by atoms with Crippen LogP contribution in [0.4, 0.5) is 0 Å². The van der Waals surface area contributed by atoms with E-state index in [0.717, 1.165) is 57.5 Å². The normalized spacial score (nSPS) is 36.7. The number of fused-ring (bicyclic) bond motifs is 4. The molecule has 6 atom stereocenters. The molecule has 4 bridgehead atoms. The van der Waals surface area contributed by atoms with Gasteiger partial charge in [0, 0.05) is 37.6 Å². The number of sulfonamides is 1. The van der Waals surface area contributed by atoms with Crippen molar-refractivity contribution in [1.82, 2.24) is 25.2 Å². The number of ether oxygens (including phenoxy) is 1. The predicted octanol–water partition coefficient (Wildman–Crippen LogP) is 4.10. The van der Waals surface area contributed by atoms with E-state index in [9.17, 15) is 8.42 Å². The van der Waals surface area contributed by atoms with Gasteiger partial charge in [0.1, 0.15) is 12.5 Å². The molecule has 2 heterocycles. The van der Waals surface area contributed by atoms with Crippen LogP contribution < -0.4 is 15.4 Å². The first-order valence-electron chi connectivity index (χ1n) is 16.1. The molecule has 0 aromatic heterocycles. The summed E-state index contributed by atoms with van der Waals surface area (Å²) in [6.45, 7) is 11.7. The highest BCUT2D eigenvalue weighted by Crippen LogP contribution is 2.38. The molecule has 8 nitrogen and oxygen atoms in total. The van der Waals surface area contributed by atoms with Crippen LogP contribution in [0.25, 0.3) is 0 Å². The topological polar surface area (TPSA) is 85.9 Å². The van der Waals surface area contributed by atoms with Crippen molar-refractivity contribution in [2.75, 3.05) is 33.8 Å². The van der Waals surface area contributed by atoms with Crippen LogP contribution in [0.15, 0.2) is 18.2 Å². The minimum Gasteiger partial charge on any atom is -0.362 e. The first kappa shape index (κ1) is 31.4. The van der Waals surface area contributed by atoms with E-state index >= 15 is 0 Å². The fourth-order valence-corrected chi connectivity index (χ4v) is 9.76. The van der Waals surface area contributed by atoms with Gasteiger partial charge in [-0.1, -0.05) is 38.5 Å². The van der Waals surface area contributed by atoms with Gasteiger partial charge in [0.05, 0.1) is 11.9 Å². The van der Waals surface area contributed by atoms with E-state index in [0.29, 0.717) is 30.5 Å². The summed E-state index contributed by atoms with van der Waals surface area (Å²) in [6.07, 6.45) is 7.05. The summed E-state index contributed by atoms with van der Waals surface area (Å²) in [4.78, 5) is 5.07. The first-order valence-corrected chi connectivity index (χ1v) is 17.6. The molecular weight excluding hydrogens is 534 g/mol. The van der Waals surface area contributed by atoms with Gasteiger partial charge in [-0.05, 0) is 101 Å². The fraction of sp³-hybridized carbons (Fsp3) is 0.812. The summed E-state index contributed by atoms with van der Waals surface area (Å²) in [6, 6.07) is 7.27. The lowest BCUT2D eigenvalue weighted by atomic mass is 9.77. The Balaban J connectivity index is 1.44. The number of aryl methyl sites for hydroxylation is 2. The third kappa shape index (κ3) is 7.72. The van der Waals surface area contributed by atoms with Crippen molar-refractivity contribution in [3.63, 3.8) is 0 Å². The molecule has 4 aliphatic rings. The second kappa shape index (κ2) is 13.3. The van der Waals surface area contributed by atoms with Gasteiger partial charge in [0.15, 0.2) is 0 Å². The number of rotatable bonds is 6. The lowest BCUT2D eigenvalue weighted by molar-refractivity contribution is -0.0680. The second-order valence-electron chi connectivity index (χ2n) is 14.2. The van der Waals surface area contributed by atoms with Crippen LogP contribution >= 0.6 is 0 Å². The number of benzene rings is 1. The Bertz CT molecular complexity index is 1100. The molecule has 2 aliphatic heterocycles. The molecule has 0 spiro atoms. The maximum absolute atomic E-state index is 13.8. The lowest BCUT2D eigenvalue weighted by Crippen LogP contribution is -2.64. The molecule has 5 rings (SSSR count). The van der Waals surface area contributed by atoms with E-state index in [-0.39, 0.29) is 17.5 Å². The van der Waals surface area contributed by atoms with Crippen LogP contribution in [-0.4, -0.2) is 81.9 Å². The quantitative estimate of drug-likeness (QED) is 0.461. The van der Waals surface area contributed by atoms with Gasteiger partial charge in [-0.3, -0.25) is 15.5 Å². The first-order chi connectivity index (χ1) is 19.5. The Morgan fingerprint density at radius 1 is 1.05 bits per heavy atom. The Kier molecular flexibility index (Phi) is 10.2. The van der Waals surface area contributed by atoms with Crippen molar-refractivity contribution >= 4 is 10.0 Å². The molecule has 232 valence electrons. The molecule has 41 heavy (non-hydrogen) atoms. The number of hydrogen-bond acceptors (Lipinski definition) is 7. The highest BCUT2D eigenvalue weighted by atomic mass is 32.2. The summed E-state index contributed by atoms with van der Waals surface area (Å²) >= 11 is 0. The second-order valence-corrected chi connectivity index (χ2v) is 16.2. The maximum atomic E-state index is 13.8. The summed E-state index contributed by atoms with van der Waals surface area (Å²) in [5.74, 6) is 1.71. The van der Waals surface area contributed by atoms with E-state index in [1.807, 2.05) is 0 Å². The van der Waals surface area contributed by atoms with Gasteiger partial charge < -0.3 is 9.64 Å². The van der Waals surface area contributed by atoms with Gasteiger partial charge in [-0.2, -0.15) is 4.72 Å². The van der Waals surface area contributed by atoms with Crippen molar-refractivity contribution in [2.24, 2.45) is 17.8 Å². The molecule has 0 radical (unpaired) electrons. The summed E-state index contributed by atoms with van der Waals surface area (Å²) in [5.41, 5.74) is 3.69. The molecule has 1 aromatic rings. The molecule has 0 amide bonds. The van der Waals surface area contributed by atoms with Crippen molar-refractivity contribution in [3.8, 4) is 0 Å². The monoisotopic (exact) mass is 589 g/mol. The average Bonchev–Trinajstić information content (AvgIpc) is 2.86. The van der Waals surface area contributed by atoms with Gasteiger partial charge in [0.2, 0.25) is 10.0 Å². The van der Waals surface area contributed by atoms with E-state index < -0.39 is 16.3 Å². The molecule has 9 heteroatoms. The van der Waals surface area contributed by atoms with Crippen LogP contribution in [-0.2, 0) is 14.8 Å².